The summed E-state index contributed by atoms with van der Waals surface area (Å²) in [5.74, 6) is -0.216. The predicted octanol–water partition coefficient (Wildman–Crippen LogP) is 0.978. The van der Waals surface area contributed by atoms with Crippen LogP contribution in [-0.4, -0.2) is 11.4 Å². The Morgan fingerprint density at radius 2 is 1.86 bits per heavy atom. The van der Waals surface area contributed by atoms with Crippen molar-refractivity contribution in [3.8, 4) is 0 Å². The lowest BCUT2D eigenvalue weighted by Crippen LogP contribution is -2.10. The first kappa shape index (κ1) is 12.7. The lowest BCUT2D eigenvalue weighted by Gasteiger charge is -2.00. The molecule has 1 aromatic carbocycles. The Morgan fingerprint density at radius 3 is 2.36 bits per heavy atom. The Labute approximate surface area is 84.2 Å². The SMILES string of the molecule is Cc1ccc(CCCC(N)=O)cc1.O. The minimum Gasteiger partial charge on any atom is -0.412 e. The molecule has 0 atom stereocenters. The van der Waals surface area contributed by atoms with E-state index in [9.17, 15) is 4.79 Å². The summed E-state index contributed by atoms with van der Waals surface area (Å²) in [4.78, 5) is 10.5. The fraction of sp³-hybridized carbons (Fsp3) is 0.364. The molecule has 3 nitrogen and oxygen atoms in total. The maximum absolute atomic E-state index is 10.5. The summed E-state index contributed by atoms with van der Waals surface area (Å²) in [6.07, 6.45) is 2.26. The molecule has 78 valence electrons. The zero-order valence-electron chi connectivity index (χ0n) is 8.42. The highest BCUT2D eigenvalue weighted by molar-refractivity contribution is 5.73. The van der Waals surface area contributed by atoms with Crippen molar-refractivity contribution in [1.82, 2.24) is 0 Å². The maximum Gasteiger partial charge on any atom is 0.217 e. The first-order chi connectivity index (χ1) is 6.18. The van der Waals surface area contributed by atoms with E-state index in [-0.39, 0.29) is 11.4 Å². The van der Waals surface area contributed by atoms with Gasteiger partial charge in [0.25, 0.3) is 0 Å². The van der Waals surface area contributed by atoms with Crippen LogP contribution in [0.15, 0.2) is 24.3 Å². The quantitative estimate of drug-likeness (QED) is 0.764. The van der Waals surface area contributed by atoms with Gasteiger partial charge in [-0.2, -0.15) is 0 Å². The molecule has 0 aliphatic rings. The largest absolute Gasteiger partial charge is 0.412 e. The van der Waals surface area contributed by atoms with E-state index < -0.39 is 0 Å². The van der Waals surface area contributed by atoms with E-state index in [2.05, 4.69) is 31.2 Å². The van der Waals surface area contributed by atoms with Gasteiger partial charge in [-0.3, -0.25) is 4.79 Å². The van der Waals surface area contributed by atoms with Crippen LogP contribution in [-0.2, 0) is 11.2 Å². The highest BCUT2D eigenvalue weighted by Crippen LogP contribution is 2.06. The molecule has 0 saturated carbocycles. The smallest absolute Gasteiger partial charge is 0.217 e. The number of primary amides is 1. The second-order valence-electron chi connectivity index (χ2n) is 3.31. The van der Waals surface area contributed by atoms with Crippen molar-refractivity contribution < 1.29 is 10.3 Å². The molecule has 0 saturated heterocycles. The van der Waals surface area contributed by atoms with Gasteiger partial charge < -0.3 is 11.2 Å². The number of hydrogen-bond acceptors (Lipinski definition) is 1. The summed E-state index contributed by atoms with van der Waals surface area (Å²) in [5, 5.41) is 0. The Balaban J connectivity index is 0.00000169. The Bertz CT molecular complexity index is 280. The minimum absolute atomic E-state index is 0. The van der Waals surface area contributed by atoms with Gasteiger partial charge in [-0.05, 0) is 25.3 Å². The molecule has 0 fully saturated rings. The van der Waals surface area contributed by atoms with Gasteiger partial charge in [-0.15, -0.1) is 0 Å². The van der Waals surface area contributed by atoms with Crippen molar-refractivity contribution >= 4 is 5.91 Å². The van der Waals surface area contributed by atoms with Gasteiger partial charge in [-0.1, -0.05) is 29.8 Å². The molecular weight excluding hydrogens is 178 g/mol. The van der Waals surface area contributed by atoms with E-state index in [1.807, 2.05) is 0 Å². The van der Waals surface area contributed by atoms with Crippen molar-refractivity contribution in [2.75, 3.05) is 0 Å². The molecule has 0 aromatic heterocycles. The Kier molecular flexibility index (Phi) is 5.56. The fourth-order valence-corrected chi connectivity index (χ4v) is 1.22. The van der Waals surface area contributed by atoms with Crippen molar-refractivity contribution in [1.29, 1.82) is 0 Å². The topological polar surface area (TPSA) is 74.6 Å². The number of benzene rings is 1. The van der Waals surface area contributed by atoms with Crippen molar-refractivity contribution in [2.24, 2.45) is 5.73 Å². The third kappa shape index (κ3) is 4.62. The summed E-state index contributed by atoms with van der Waals surface area (Å²) in [6, 6.07) is 8.35. The third-order valence-electron chi connectivity index (χ3n) is 2.01. The van der Waals surface area contributed by atoms with Gasteiger partial charge >= 0.3 is 0 Å². The van der Waals surface area contributed by atoms with Crippen molar-refractivity contribution in [2.45, 2.75) is 26.2 Å². The van der Waals surface area contributed by atoms with Crippen molar-refractivity contribution in [3.63, 3.8) is 0 Å². The van der Waals surface area contributed by atoms with Crippen molar-refractivity contribution in [3.05, 3.63) is 35.4 Å². The van der Waals surface area contributed by atoms with Gasteiger partial charge in [0.2, 0.25) is 5.91 Å². The van der Waals surface area contributed by atoms with Crippen LogP contribution < -0.4 is 5.73 Å². The van der Waals surface area contributed by atoms with Gasteiger partial charge in [-0.25, -0.2) is 0 Å². The van der Waals surface area contributed by atoms with E-state index in [0.29, 0.717) is 6.42 Å². The lowest BCUT2D eigenvalue weighted by molar-refractivity contribution is -0.118. The Hall–Kier alpha value is -1.35. The molecule has 0 unspecified atom stereocenters. The summed E-state index contributed by atoms with van der Waals surface area (Å²) in [6.45, 7) is 2.06. The van der Waals surface area contributed by atoms with E-state index >= 15 is 0 Å². The maximum atomic E-state index is 10.5. The number of aryl methyl sites for hydroxylation is 2. The second-order valence-corrected chi connectivity index (χ2v) is 3.31. The molecule has 0 radical (unpaired) electrons. The monoisotopic (exact) mass is 195 g/mol. The summed E-state index contributed by atoms with van der Waals surface area (Å²) in [5.41, 5.74) is 7.57. The number of amides is 1. The molecule has 0 aliphatic carbocycles. The van der Waals surface area contributed by atoms with Gasteiger partial charge in [0, 0.05) is 6.42 Å². The average molecular weight is 195 g/mol. The first-order valence-corrected chi connectivity index (χ1v) is 4.52. The minimum atomic E-state index is -0.216. The highest BCUT2D eigenvalue weighted by atomic mass is 16.1. The normalized spacial score (nSPS) is 9.21. The Morgan fingerprint density at radius 1 is 1.29 bits per heavy atom. The van der Waals surface area contributed by atoms with E-state index in [1.54, 1.807) is 0 Å². The van der Waals surface area contributed by atoms with E-state index in [1.165, 1.54) is 11.1 Å². The van der Waals surface area contributed by atoms with Crippen LogP contribution in [0.2, 0.25) is 0 Å². The fourth-order valence-electron chi connectivity index (χ4n) is 1.22. The second kappa shape index (κ2) is 6.16. The van der Waals surface area contributed by atoms with Crippen LogP contribution >= 0.6 is 0 Å². The molecule has 0 heterocycles. The lowest BCUT2D eigenvalue weighted by atomic mass is 10.1. The molecule has 3 heteroatoms. The first-order valence-electron chi connectivity index (χ1n) is 4.52. The van der Waals surface area contributed by atoms with E-state index in [0.717, 1.165) is 12.8 Å². The molecular formula is C11H17NO2. The molecule has 0 aliphatic heterocycles. The van der Waals surface area contributed by atoms with Gasteiger partial charge in [0.05, 0.1) is 0 Å². The standard InChI is InChI=1S/C11H15NO.H2O/c1-9-5-7-10(8-6-9)3-2-4-11(12)13;/h5-8H,2-4H2,1H3,(H2,12,13);1H2. The number of carbonyl (C=O) groups excluding carboxylic acids is 1. The van der Waals surface area contributed by atoms with Crippen LogP contribution in [0, 0.1) is 6.92 Å². The van der Waals surface area contributed by atoms with Crippen LogP contribution in [0.1, 0.15) is 24.0 Å². The number of carbonyl (C=O) groups is 1. The van der Waals surface area contributed by atoms with Gasteiger partial charge in [0.1, 0.15) is 0 Å². The predicted molar refractivity (Wildman–Crippen MR) is 56.9 cm³/mol. The zero-order chi connectivity index (χ0) is 9.68. The molecule has 1 aromatic rings. The summed E-state index contributed by atoms with van der Waals surface area (Å²) in [7, 11) is 0. The molecule has 4 N–H and O–H groups in total. The molecule has 14 heavy (non-hydrogen) atoms. The van der Waals surface area contributed by atoms with E-state index in [4.69, 9.17) is 5.73 Å². The number of rotatable bonds is 4. The van der Waals surface area contributed by atoms with Gasteiger partial charge in [0.15, 0.2) is 0 Å². The zero-order valence-corrected chi connectivity index (χ0v) is 8.42. The average Bonchev–Trinajstić information content (AvgIpc) is 2.08. The molecule has 1 amide bonds. The summed E-state index contributed by atoms with van der Waals surface area (Å²) >= 11 is 0. The highest BCUT2D eigenvalue weighted by Gasteiger charge is 1.96. The van der Waals surface area contributed by atoms with Crippen LogP contribution in [0.25, 0.3) is 0 Å². The third-order valence-corrected chi connectivity index (χ3v) is 2.01. The number of hydrogen-bond donors (Lipinski definition) is 1. The van der Waals surface area contributed by atoms with Crippen LogP contribution in [0.5, 0.6) is 0 Å². The molecule has 0 spiro atoms. The molecule has 1 rings (SSSR count). The van der Waals surface area contributed by atoms with Crippen LogP contribution in [0.3, 0.4) is 0 Å². The van der Waals surface area contributed by atoms with Crippen LogP contribution in [0.4, 0.5) is 0 Å². The molecule has 0 bridgehead atoms. The summed E-state index contributed by atoms with van der Waals surface area (Å²) < 4.78 is 0. The number of nitrogens with two attached hydrogens (primary N) is 1.